The number of allylic oxidation sites excluding steroid dienone is 3. The van der Waals surface area contributed by atoms with Crippen LogP contribution in [0.2, 0.25) is 5.02 Å². The van der Waals surface area contributed by atoms with Gasteiger partial charge in [0.2, 0.25) is 5.91 Å². The van der Waals surface area contributed by atoms with Crippen LogP contribution in [0.3, 0.4) is 0 Å². The summed E-state index contributed by atoms with van der Waals surface area (Å²) in [6, 6.07) is 3.33. The number of rotatable bonds is 10. The molecule has 2 aromatic rings. The van der Waals surface area contributed by atoms with Crippen molar-refractivity contribution in [3.8, 4) is 0 Å². The van der Waals surface area contributed by atoms with Gasteiger partial charge in [-0.15, -0.1) is 23.2 Å². The smallest absolute Gasteiger partial charge is 0.348 e. The van der Waals surface area contributed by atoms with Gasteiger partial charge < -0.3 is 16.0 Å². The molecule has 3 N–H and O–H groups in total. The summed E-state index contributed by atoms with van der Waals surface area (Å²) < 4.78 is 119. The first-order valence-electron chi connectivity index (χ1n) is 12.1. The predicted octanol–water partition coefficient (Wildman–Crippen LogP) is 7.49. The van der Waals surface area contributed by atoms with Gasteiger partial charge >= 0.3 is 12.6 Å². The van der Waals surface area contributed by atoms with Crippen molar-refractivity contribution in [3.63, 3.8) is 0 Å². The molecule has 242 valence electrons. The summed E-state index contributed by atoms with van der Waals surface area (Å²) in [7, 11) is 0. The number of alkyl halides is 7. The summed E-state index contributed by atoms with van der Waals surface area (Å²) in [5.41, 5.74) is -4.27. The predicted molar refractivity (Wildman–Crippen MR) is 146 cm³/mol. The fourth-order valence-electron chi connectivity index (χ4n) is 3.99. The van der Waals surface area contributed by atoms with E-state index in [0.29, 0.717) is 24.3 Å². The van der Waals surface area contributed by atoms with E-state index in [2.05, 4.69) is 11.9 Å². The molecular formula is C27H17Cl3F9N3O3. The fraction of sp³-hybridized carbons (Fsp3) is 0.222. The van der Waals surface area contributed by atoms with Crippen LogP contribution in [-0.4, -0.2) is 35.0 Å². The Hall–Kier alpha value is -3.69. The number of carbonyl (C=O) groups excluding carboxylic acids is 3. The van der Waals surface area contributed by atoms with Crippen LogP contribution in [-0.2, 0) is 15.8 Å². The van der Waals surface area contributed by atoms with Gasteiger partial charge in [-0.05, 0) is 35.9 Å². The van der Waals surface area contributed by atoms with E-state index in [1.807, 2.05) is 0 Å². The van der Waals surface area contributed by atoms with Gasteiger partial charge in [0.25, 0.3) is 11.8 Å². The summed E-state index contributed by atoms with van der Waals surface area (Å²) in [5.74, 6) is -12.7. The van der Waals surface area contributed by atoms with Gasteiger partial charge in [0.15, 0.2) is 0 Å². The topological polar surface area (TPSA) is 87.3 Å². The van der Waals surface area contributed by atoms with E-state index in [1.54, 1.807) is 10.6 Å². The fourth-order valence-corrected chi connectivity index (χ4v) is 5.01. The van der Waals surface area contributed by atoms with Crippen LogP contribution in [0.4, 0.5) is 45.2 Å². The summed E-state index contributed by atoms with van der Waals surface area (Å²) in [6.45, 7) is 2.24. The Morgan fingerprint density at radius 3 is 2.27 bits per heavy atom. The highest BCUT2D eigenvalue weighted by atomic mass is 35.5. The molecule has 2 aromatic carbocycles. The van der Waals surface area contributed by atoms with Gasteiger partial charge in [-0.2, -0.15) is 22.0 Å². The highest BCUT2D eigenvalue weighted by Crippen LogP contribution is 2.65. The number of benzene rings is 2. The molecule has 1 aliphatic rings. The largest absolute Gasteiger partial charge is 0.419 e. The van der Waals surface area contributed by atoms with Crippen molar-refractivity contribution in [2.45, 2.75) is 22.9 Å². The Kier molecular flexibility index (Phi) is 10.9. The lowest BCUT2D eigenvalue weighted by Crippen LogP contribution is -2.29. The Labute approximate surface area is 262 Å². The van der Waals surface area contributed by atoms with Crippen molar-refractivity contribution >= 4 is 58.2 Å². The Bertz CT molecular complexity index is 1610. The SMILES string of the molecule is C=C(F)/C(NC(=O)c1cc(NC(=O)[C@H]2[C@H](c3ccc(F)c(C(F)(F)F)c3)C2(Cl)Cl)cc(F)c1Cl)=C(F)\C=C/CNC(=O)C(F)F. The zero-order chi connectivity index (χ0) is 34.0. The number of halogens is 12. The van der Waals surface area contributed by atoms with Gasteiger partial charge in [-0.3, -0.25) is 14.4 Å². The standard InChI is InChI=1S/C27H17Cl3F9N3O3/c1-10(31)21(16(33)3-2-6-40-25(45)22(35)36)42-23(43)13-8-12(9-17(34)20(13)28)41-24(44)19-18(26(19,29)30)11-4-5-15(32)14(7-11)27(37,38)39/h2-5,7-9,18-19,22H,1,6H2,(H,40,45)(H,41,44)(H,42,43)/b3-2-,21-16-/t18-,19+/m0/s1. The molecule has 18 heteroatoms. The lowest BCUT2D eigenvalue weighted by atomic mass is 10.0. The molecular weight excluding hydrogens is 692 g/mol. The van der Waals surface area contributed by atoms with Crippen molar-refractivity contribution in [1.82, 2.24) is 10.6 Å². The second kappa shape index (κ2) is 13.7. The molecule has 3 rings (SSSR count). The molecule has 0 radical (unpaired) electrons. The highest BCUT2D eigenvalue weighted by molar-refractivity contribution is 6.53. The lowest BCUT2D eigenvalue weighted by Gasteiger charge is -2.12. The summed E-state index contributed by atoms with van der Waals surface area (Å²) >= 11 is 18.1. The second-order valence-electron chi connectivity index (χ2n) is 9.21. The van der Waals surface area contributed by atoms with E-state index in [9.17, 15) is 53.9 Å². The highest BCUT2D eigenvalue weighted by Gasteiger charge is 2.67. The maximum atomic E-state index is 14.6. The Balaban J connectivity index is 1.81. The first kappa shape index (κ1) is 35.8. The van der Waals surface area contributed by atoms with Gasteiger partial charge in [0, 0.05) is 18.2 Å². The van der Waals surface area contributed by atoms with Crippen LogP contribution in [0.1, 0.15) is 27.4 Å². The summed E-state index contributed by atoms with van der Waals surface area (Å²) in [5, 5.41) is 4.77. The number of carbonyl (C=O) groups is 3. The van der Waals surface area contributed by atoms with E-state index in [0.717, 1.165) is 18.2 Å². The van der Waals surface area contributed by atoms with Crippen LogP contribution in [0, 0.1) is 17.6 Å². The molecule has 0 spiro atoms. The van der Waals surface area contributed by atoms with Gasteiger partial charge in [0.05, 0.1) is 22.1 Å². The zero-order valence-electron chi connectivity index (χ0n) is 21.9. The van der Waals surface area contributed by atoms with Crippen molar-refractivity contribution < 1.29 is 53.9 Å². The van der Waals surface area contributed by atoms with Gasteiger partial charge in [-0.25, -0.2) is 17.6 Å². The van der Waals surface area contributed by atoms with Crippen LogP contribution in [0.25, 0.3) is 0 Å². The van der Waals surface area contributed by atoms with Crippen LogP contribution in [0.5, 0.6) is 0 Å². The molecule has 0 aromatic heterocycles. The molecule has 6 nitrogen and oxygen atoms in total. The maximum absolute atomic E-state index is 14.6. The number of hydrogen-bond donors (Lipinski definition) is 3. The third kappa shape index (κ3) is 8.32. The van der Waals surface area contributed by atoms with E-state index < -0.39 is 104 Å². The normalized spacial score (nSPS) is 18.0. The van der Waals surface area contributed by atoms with E-state index in [4.69, 9.17) is 34.8 Å². The van der Waals surface area contributed by atoms with Crippen molar-refractivity contribution in [3.05, 3.63) is 99.8 Å². The number of hydrogen-bond acceptors (Lipinski definition) is 3. The minimum absolute atomic E-state index is 0.227. The molecule has 3 amide bonds. The van der Waals surface area contributed by atoms with Crippen LogP contribution < -0.4 is 16.0 Å². The molecule has 0 bridgehead atoms. The molecule has 0 heterocycles. The quantitative estimate of drug-likeness (QED) is 0.136. The molecule has 0 unspecified atom stereocenters. The number of anilines is 1. The Morgan fingerprint density at radius 2 is 1.69 bits per heavy atom. The average molecular weight is 709 g/mol. The van der Waals surface area contributed by atoms with Crippen molar-refractivity contribution in [1.29, 1.82) is 0 Å². The van der Waals surface area contributed by atoms with E-state index >= 15 is 0 Å². The molecule has 45 heavy (non-hydrogen) atoms. The van der Waals surface area contributed by atoms with Gasteiger partial charge in [-0.1, -0.05) is 30.3 Å². The monoisotopic (exact) mass is 707 g/mol. The van der Waals surface area contributed by atoms with Crippen LogP contribution >= 0.6 is 34.8 Å². The third-order valence-electron chi connectivity index (χ3n) is 6.14. The second-order valence-corrected chi connectivity index (χ2v) is 11.0. The number of amides is 3. The minimum atomic E-state index is -5.07. The van der Waals surface area contributed by atoms with Crippen molar-refractivity contribution in [2.75, 3.05) is 11.9 Å². The number of nitrogens with one attached hydrogen (secondary N) is 3. The molecule has 0 saturated heterocycles. The zero-order valence-corrected chi connectivity index (χ0v) is 24.2. The first-order chi connectivity index (χ1) is 20.8. The summed E-state index contributed by atoms with van der Waals surface area (Å²) in [6.07, 6.45) is -7.12. The molecule has 1 saturated carbocycles. The van der Waals surface area contributed by atoms with Crippen molar-refractivity contribution in [2.24, 2.45) is 5.92 Å². The molecule has 1 fully saturated rings. The lowest BCUT2D eigenvalue weighted by molar-refractivity contribution is -0.140. The third-order valence-corrected chi connectivity index (χ3v) is 7.46. The Morgan fingerprint density at radius 1 is 1.04 bits per heavy atom. The molecule has 1 aliphatic carbocycles. The van der Waals surface area contributed by atoms with E-state index in [-0.39, 0.29) is 5.56 Å². The van der Waals surface area contributed by atoms with Gasteiger partial charge in [0.1, 0.15) is 33.3 Å². The minimum Gasteiger partial charge on any atom is -0.348 e. The maximum Gasteiger partial charge on any atom is 0.419 e. The molecule has 0 aliphatic heterocycles. The molecule has 2 atom stereocenters. The van der Waals surface area contributed by atoms with Crippen LogP contribution in [0.15, 0.2) is 66.4 Å². The summed E-state index contributed by atoms with van der Waals surface area (Å²) in [4.78, 5) is 36.5. The van der Waals surface area contributed by atoms with E-state index in [1.165, 1.54) is 0 Å². The first-order valence-corrected chi connectivity index (χ1v) is 13.2. The average Bonchev–Trinajstić information content (AvgIpc) is 3.52.